The van der Waals surface area contributed by atoms with E-state index in [9.17, 15) is 4.79 Å². The SMILES string of the molecule is N#Cc1ccc(N)c(N2CCN3C(=O)NCC3C2)c1. The van der Waals surface area contributed by atoms with Crippen LogP contribution >= 0.6 is 0 Å². The van der Waals surface area contributed by atoms with Crippen LogP contribution in [-0.4, -0.2) is 43.2 Å². The van der Waals surface area contributed by atoms with Gasteiger partial charge in [0.1, 0.15) is 0 Å². The van der Waals surface area contributed by atoms with Crippen LogP contribution in [-0.2, 0) is 0 Å². The van der Waals surface area contributed by atoms with E-state index in [0.717, 1.165) is 18.8 Å². The molecule has 6 nitrogen and oxygen atoms in total. The topological polar surface area (TPSA) is 85.4 Å². The smallest absolute Gasteiger partial charge is 0.317 e. The molecule has 1 aromatic rings. The number of nitriles is 1. The van der Waals surface area contributed by atoms with Crippen LogP contribution < -0.4 is 16.0 Å². The zero-order valence-corrected chi connectivity index (χ0v) is 10.5. The zero-order valence-electron chi connectivity index (χ0n) is 10.5. The fourth-order valence-corrected chi connectivity index (χ4v) is 2.71. The molecule has 1 unspecified atom stereocenters. The summed E-state index contributed by atoms with van der Waals surface area (Å²) in [4.78, 5) is 15.6. The number of benzene rings is 1. The Bertz CT molecular complexity index is 565. The van der Waals surface area contributed by atoms with E-state index < -0.39 is 0 Å². The van der Waals surface area contributed by atoms with Crippen molar-refractivity contribution in [1.29, 1.82) is 5.26 Å². The quantitative estimate of drug-likeness (QED) is 0.711. The summed E-state index contributed by atoms with van der Waals surface area (Å²) in [5.41, 5.74) is 8.15. The first kappa shape index (κ1) is 11.7. The standard InChI is InChI=1S/C13H15N5O/c14-6-9-1-2-11(15)12(5-9)17-3-4-18-10(8-17)7-16-13(18)19/h1-2,5,10H,3-4,7-8,15H2,(H,16,19). The van der Waals surface area contributed by atoms with Gasteiger partial charge >= 0.3 is 6.03 Å². The summed E-state index contributed by atoms with van der Waals surface area (Å²) < 4.78 is 0. The second kappa shape index (κ2) is 4.35. The lowest BCUT2D eigenvalue weighted by Gasteiger charge is -2.38. The molecule has 0 radical (unpaired) electrons. The van der Waals surface area contributed by atoms with Crippen LogP contribution in [0.1, 0.15) is 5.56 Å². The Balaban J connectivity index is 1.84. The van der Waals surface area contributed by atoms with Crippen LogP contribution in [0.15, 0.2) is 18.2 Å². The molecule has 3 N–H and O–H groups in total. The zero-order chi connectivity index (χ0) is 13.4. The van der Waals surface area contributed by atoms with Crippen molar-refractivity contribution in [3.8, 4) is 6.07 Å². The number of nitrogens with zero attached hydrogens (tertiary/aromatic N) is 3. The van der Waals surface area contributed by atoms with E-state index in [2.05, 4.69) is 16.3 Å². The highest BCUT2D eigenvalue weighted by atomic mass is 16.2. The molecule has 0 saturated carbocycles. The minimum Gasteiger partial charge on any atom is -0.397 e. The van der Waals surface area contributed by atoms with Gasteiger partial charge in [-0.05, 0) is 18.2 Å². The minimum atomic E-state index is 0.0170. The lowest BCUT2D eigenvalue weighted by molar-refractivity contribution is 0.198. The summed E-state index contributed by atoms with van der Waals surface area (Å²) >= 11 is 0. The number of carbonyl (C=O) groups excluding carboxylic acids is 1. The predicted octanol–water partition coefficient (Wildman–Crippen LogP) is 0.354. The van der Waals surface area contributed by atoms with Gasteiger partial charge in [0.15, 0.2) is 0 Å². The fourth-order valence-electron chi connectivity index (χ4n) is 2.71. The Labute approximate surface area is 111 Å². The highest BCUT2D eigenvalue weighted by Crippen LogP contribution is 2.27. The van der Waals surface area contributed by atoms with Crippen molar-refractivity contribution in [2.24, 2.45) is 0 Å². The fraction of sp³-hybridized carbons (Fsp3) is 0.385. The predicted molar refractivity (Wildman–Crippen MR) is 71.7 cm³/mol. The summed E-state index contributed by atoms with van der Waals surface area (Å²) in [5, 5.41) is 11.8. The average Bonchev–Trinajstić information content (AvgIpc) is 2.80. The summed E-state index contributed by atoms with van der Waals surface area (Å²) in [6.45, 7) is 2.85. The van der Waals surface area contributed by atoms with Gasteiger partial charge in [0, 0.05) is 26.2 Å². The van der Waals surface area contributed by atoms with E-state index in [1.807, 2.05) is 11.0 Å². The molecule has 0 aromatic heterocycles. The van der Waals surface area contributed by atoms with Gasteiger partial charge in [-0.2, -0.15) is 5.26 Å². The monoisotopic (exact) mass is 257 g/mol. The van der Waals surface area contributed by atoms with Gasteiger partial charge in [0.05, 0.1) is 29.0 Å². The Kier molecular flexibility index (Phi) is 2.67. The highest BCUT2D eigenvalue weighted by molar-refractivity contribution is 5.78. The maximum absolute atomic E-state index is 11.5. The largest absolute Gasteiger partial charge is 0.397 e. The summed E-state index contributed by atoms with van der Waals surface area (Å²) in [5.74, 6) is 0. The van der Waals surface area contributed by atoms with Crippen LogP contribution in [0.5, 0.6) is 0 Å². The number of urea groups is 1. The van der Waals surface area contributed by atoms with Gasteiger partial charge in [-0.15, -0.1) is 0 Å². The molecule has 2 saturated heterocycles. The molecule has 0 bridgehead atoms. The Hall–Kier alpha value is -2.42. The molecule has 6 heteroatoms. The molecule has 98 valence electrons. The third kappa shape index (κ3) is 1.93. The van der Waals surface area contributed by atoms with Gasteiger partial charge < -0.3 is 20.9 Å². The first-order valence-corrected chi connectivity index (χ1v) is 6.28. The third-order valence-corrected chi connectivity index (χ3v) is 3.73. The number of hydrogen-bond acceptors (Lipinski definition) is 4. The number of hydrogen-bond donors (Lipinski definition) is 2. The van der Waals surface area contributed by atoms with Crippen LogP contribution in [0.25, 0.3) is 0 Å². The molecule has 0 spiro atoms. The van der Waals surface area contributed by atoms with E-state index in [1.165, 1.54) is 0 Å². The van der Waals surface area contributed by atoms with Crippen molar-refractivity contribution in [3.63, 3.8) is 0 Å². The Morgan fingerprint density at radius 1 is 1.42 bits per heavy atom. The number of nitrogen functional groups attached to an aromatic ring is 1. The summed E-state index contributed by atoms with van der Waals surface area (Å²) in [6, 6.07) is 7.63. The van der Waals surface area contributed by atoms with Crippen molar-refractivity contribution >= 4 is 17.4 Å². The maximum Gasteiger partial charge on any atom is 0.317 e. The van der Waals surface area contributed by atoms with Gasteiger partial charge in [0.2, 0.25) is 0 Å². The van der Waals surface area contributed by atoms with Gasteiger partial charge in [-0.3, -0.25) is 0 Å². The van der Waals surface area contributed by atoms with E-state index in [4.69, 9.17) is 11.0 Å². The lowest BCUT2D eigenvalue weighted by Crippen LogP contribution is -2.52. The Morgan fingerprint density at radius 2 is 2.26 bits per heavy atom. The van der Waals surface area contributed by atoms with E-state index in [1.54, 1.807) is 12.1 Å². The van der Waals surface area contributed by atoms with Gasteiger partial charge in [-0.1, -0.05) is 0 Å². The van der Waals surface area contributed by atoms with Crippen molar-refractivity contribution in [2.75, 3.05) is 36.8 Å². The van der Waals surface area contributed by atoms with Gasteiger partial charge in [0.25, 0.3) is 0 Å². The maximum atomic E-state index is 11.5. The van der Waals surface area contributed by atoms with E-state index in [-0.39, 0.29) is 12.1 Å². The molecule has 2 heterocycles. The highest BCUT2D eigenvalue weighted by Gasteiger charge is 2.35. The first-order chi connectivity index (χ1) is 9.19. The molecule has 0 aliphatic carbocycles. The van der Waals surface area contributed by atoms with Crippen LogP contribution in [0, 0.1) is 11.3 Å². The number of nitrogens with one attached hydrogen (secondary N) is 1. The molecular weight excluding hydrogens is 242 g/mol. The van der Waals surface area contributed by atoms with Gasteiger partial charge in [-0.25, -0.2) is 4.79 Å². The number of piperazine rings is 1. The average molecular weight is 257 g/mol. The number of amides is 2. The number of rotatable bonds is 1. The van der Waals surface area contributed by atoms with Crippen molar-refractivity contribution in [2.45, 2.75) is 6.04 Å². The second-order valence-electron chi connectivity index (χ2n) is 4.86. The van der Waals surface area contributed by atoms with E-state index in [0.29, 0.717) is 24.3 Å². The van der Waals surface area contributed by atoms with Crippen molar-refractivity contribution in [3.05, 3.63) is 23.8 Å². The lowest BCUT2D eigenvalue weighted by atomic mass is 10.1. The molecule has 1 atom stereocenters. The second-order valence-corrected chi connectivity index (χ2v) is 4.86. The van der Waals surface area contributed by atoms with Crippen LogP contribution in [0.2, 0.25) is 0 Å². The summed E-state index contributed by atoms with van der Waals surface area (Å²) in [7, 11) is 0. The third-order valence-electron chi connectivity index (χ3n) is 3.73. The number of fused-ring (bicyclic) bond motifs is 1. The number of anilines is 2. The molecule has 19 heavy (non-hydrogen) atoms. The van der Waals surface area contributed by atoms with Crippen molar-refractivity contribution in [1.82, 2.24) is 10.2 Å². The molecule has 3 rings (SSSR count). The molecule has 2 aliphatic rings. The number of nitrogens with two attached hydrogens (primary N) is 1. The summed E-state index contributed by atoms with van der Waals surface area (Å²) in [6.07, 6.45) is 0. The Morgan fingerprint density at radius 3 is 3.05 bits per heavy atom. The molecule has 2 fully saturated rings. The minimum absolute atomic E-state index is 0.0170. The molecular formula is C13H15N5O. The molecule has 2 amide bonds. The van der Waals surface area contributed by atoms with E-state index >= 15 is 0 Å². The number of carbonyl (C=O) groups is 1. The van der Waals surface area contributed by atoms with Crippen LogP contribution in [0.3, 0.4) is 0 Å². The molecule has 1 aromatic carbocycles. The normalized spacial score (nSPS) is 21.8. The molecule has 2 aliphatic heterocycles. The van der Waals surface area contributed by atoms with Crippen LogP contribution in [0.4, 0.5) is 16.2 Å². The first-order valence-electron chi connectivity index (χ1n) is 6.28. The van der Waals surface area contributed by atoms with Crippen molar-refractivity contribution < 1.29 is 4.79 Å².